The number of benzene rings is 4. The van der Waals surface area contributed by atoms with Gasteiger partial charge in [-0.25, -0.2) is 9.78 Å². The molecule has 16 heteroatoms. The minimum Gasteiger partial charge on any atom is -0.464 e. The number of nitrogens with zero attached hydrogens (tertiary/aromatic N) is 4. The van der Waals surface area contributed by atoms with Crippen molar-refractivity contribution in [3.63, 3.8) is 0 Å². The van der Waals surface area contributed by atoms with Gasteiger partial charge in [0, 0.05) is 89.5 Å². The highest BCUT2D eigenvalue weighted by molar-refractivity contribution is 5.98. The average molecular weight is 999 g/mol. The number of nitrogens with one attached hydrogen (secondary N) is 2. The van der Waals surface area contributed by atoms with Crippen LogP contribution in [0.15, 0.2) is 127 Å². The third-order valence-corrected chi connectivity index (χ3v) is 13.1. The third kappa shape index (κ3) is 9.36. The quantitative estimate of drug-likeness (QED) is 0.102. The first-order valence-corrected chi connectivity index (χ1v) is 24.0. The Hall–Kier alpha value is -9.70. The van der Waals surface area contributed by atoms with E-state index in [1.165, 1.54) is 34.8 Å². The molecule has 0 amide bonds. The van der Waals surface area contributed by atoms with Crippen LogP contribution in [0, 0.1) is 0 Å². The lowest BCUT2D eigenvalue weighted by atomic mass is 9.80. The average Bonchev–Trinajstić information content (AvgIpc) is 4.26. The van der Waals surface area contributed by atoms with Crippen molar-refractivity contribution < 1.29 is 47.7 Å². The first kappa shape index (κ1) is 47.6. The van der Waals surface area contributed by atoms with Crippen LogP contribution in [0.3, 0.4) is 0 Å². The summed E-state index contributed by atoms with van der Waals surface area (Å²) in [5, 5.41) is 4.75. The van der Waals surface area contributed by atoms with Gasteiger partial charge in [-0.05, 0) is 120 Å². The van der Waals surface area contributed by atoms with E-state index in [9.17, 15) is 24.0 Å². The molecule has 3 aliphatic rings. The Bertz CT molecular complexity index is 3680. The van der Waals surface area contributed by atoms with Gasteiger partial charge in [-0.1, -0.05) is 48.5 Å². The molecule has 75 heavy (non-hydrogen) atoms. The Labute approximate surface area is 428 Å². The van der Waals surface area contributed by atoms with Crippen molar-refractivity contribution in [3.05, 3.63) is 162 Å². The van der Waals surface area contributed by atoms with Gasteiger partial charge in [0.2, 0.25) is 0 Å². The van der Waals surface area contributed by atoms with Crippen LogP contribution in [0.25, 0.3) is 78.7 Å². The Kier molecular flexibility index (Phi) is 12.3. The molecule has 8 aromatic rings. The van der Waals surface area contributed by atoms with Crippen molar-refractivity contribution in [3.8, 4) is 67.5 Å². The Morgan fingerprint density at radius 1 is 0.493 bits per heavy atom. The van der Waals surface area contributed by atoms with Crippen LogP contribution in [0.4, 0.5) is 0 Å². The normalized spacial score (nSPS) is 14.3. The molecule has 2 atom stereocenters. The number of hydrogen-bond acceptors (Lipinski definition) is 13. The number of hydrogen-bond donors (Lipinski definition) is 2. The monoisotopic (exact) mass is 998 g/mol. The Morgan fingerprint density at radius 3 is 1.28 bits per heavy atom. The van der Waals surface area contributed by atoms with E-state index in [1.807, 2.05) is 95.7 Å². The minimum atomic E-state index is -0.565. The smallest absolute Gasteiger partial charge is 0.358 e. The summed E-state index contributed by atoms with van der Waals surface area (Å²) < 4.78 is 29.5. The molecule has 3 aliphatic heterocycles. The number of ether oxygens (including phenoxy) is 5. The molecule has 4 aromatic carbocycles. The molecule has 4 aromatic heterocycles. The van der Waals surface area contributed by atoms with Crippen LogP contribution in [-0.4, -0.2) is 66.7 Å². The van der Waals surface area contributed by atoms with Gasteiger partial charge < -0.3 is 33.7 Å². The van der Waals surface area contributed by atoms with E-state index in [4.69, 9.17) is 38.8 Å². The summed E-state index contributed by atoms with van der Waals surface area (Å²) in [4.78, 5) is 81.1. The van der Waals surface area contributed by atoms with E-state index >= 15 is 0 Å². The maximum absolute atomic E-state index is 13.0. The lowest BCUT2D eigenvalue weighted by molar-refractivity contribution is -0.132. The van der Waals surface area contributed by atoms with Crippen LogP contribution >= 0.6 is 0 Å². The summed E-state index contributed by atoms with van der Waals surface area (Å²) in [6.45, 7) is 5.70. The summed E-state index contributed by atoms with van der Waals surface area (Å²) in [5.41, 5.74) is 11.7. The number of carbonyl (C=O) groups excluding carboxylic acids is 5. The van der Waals surface area contributed by atoms with Gasteiger partial charge in [-0.15, -0.1) is 0 Å². The maximum atomic E-state index is 13.0. The topological polar surface area (TPSA) is 207 Å². The van der Waals surface area contributed by atoms with Gasteiger partial charge in [-0.3, -0.25) is 28.8 Å². The fourth-order valence-corrected chi connectivity index (χ4v) is 10.3. The molecular formula is C59H46N6O10. The molecule has 8 bridgehead atoms. The van der Waals surface area contributed by atoms with Gasteiger partial charge in [0.1, 0.15) is 23.0 Å². The number of fused-ring (bicyclic) bond motifs is 12. The van der Waals surface area contributed by atoms with Crippen molar-refractivity contribution in [2.24, 2.45) is 0 Å². The molecular weight excluding hydrogens is 953 g/mol. The third-order valence-electron chi connectivity index (χ3n) is 13.1. The van der Waals surface area contributed by atoms with Crippen LogP contribution in [0.1, 0.15) is 78.5 Å². The lowest BCUT2D eigenvalue weighted by Gasteiger charge is -2.28. The highest BCUT2D eigenvalue weighted by Crippen LogP contribution is 2.51. The van der Waals surface area contributed by atoms with Crippen LogP contribution in [-0.2, 0) is 36.9 Å². The van der Waals surface area contributed by atoms with E-state index in [-0.39, 0.29) is 17.5 Å². The number of esters is 5. The van der Waals surface area contributed by atoms with E-state index in [0.717, 1.165) is 5.69 Å². The molecule has 11 rings (SSSR count). The Balaban J connectivity index is 1.32. The highest BCUT2D eigenvalue weighted by Gasteiger charge is 2.41. The number of H-pyrrole nitrogens is 2. The standard InChI is InChI=1S/C59H46N6O10/c1-31(66)72-40-14-6-10-35(24-40)53-46-18-19-47(60-46)54(36-11-7-15-41(25-36)73-32(2)67)49-21-23-51(62-49)56(38-13-9-17-43(27-38)75-34(4)69)58-45-30-65-39(29-52(64-65)59(70)71-5)28-44(45)57(63-58)55(50-22-20-48(53)61-50)37-12-8-16-42(26-37)74-33(3)68/h6-27,29,44-45,61-62H,28,30H2,1-5H3. The van der Waals surface area contributed by atoms with E-state index in [1.54, 1.807) is 48.5 Å². The SMILES string of the molecule is COC(=O)c1cc2n(n1)CC1c3nc(c(-c4cccc(OC(C)=O)c4)c4ccc([nH]4)c(-c4cccc(OC(C)=O)c4)c4nc(c(-c5cccc(OC(C)=O)c5)c5ccc([nH]5)c3-c3cccc(OC(C)=O)c3)C=C4)C1C2. The number of aromatic nitrogens is 6. The number of methoxy groups -OCH3 is 1. The van der Waals surface area contributed by atoms with Gasteiger partial charge >= 0.3 is 29.8 Å². The Morgan fingerprint density at radius 2 is 0.880 bits per heavy atom. The largest absolute Gasteiger partial charge is 0.464 e. The zero-order chi connectivity index (χ0) is 52.1. The van der Waals surface area contributed by atoms with Gasteiger partial charge in [0.25, 0.3) is 0 Å². The summed E-state index contributed by atoms with van der Waals surface area (Å²) >= 11 is 0. The number of aromatic amines is 2. The molecule has 372 valence electrons. The molecule has 0 aliphatic carbocycles. The predicted molar refractivity (Wildman–Crippen MR) is 280 cm³/mol. The summed E-state index contributed by atoms with van der Waals surface area (Å²) in [7, 11) is 1.32. The molecule has 0 spiro atoms. The molecule has 0 radical (unpaired) electrons. The van der Waals surface area contributed by atoms with Crippen molar-refractivity contribution in [2.75, 3.05) is 7.11 Å². The van der Waals surface area contributed by atoms with Crippen LogP contribution < -0.4 is 18.9 Å². The second-order valence-electron chi connectivity index (χ2n) is 18.3. The molecule has 7 heterocycles. The highest BCUT2D eigenvalue weighted by atomic mass is 16.5. The van der Waals surface area contributed by atoms with Crippen LogP contribution in [0.5, 0.6) is 23.0 Å². The van der Waals surface area contributed by atoms with Crippen molar-refractivity contribution in [1.29, 1.82) is 0 Å². The van der Waals surface area contributed by atoms with E-state index in [0.29, 0.717) is 125 Å². The minimum absolute atomic E-state index is 0.173. The van der Waals surface area contributed by atoms with Crippen LogP contribution in [0.2, 0.25) is 0 Å². The van der Waals surface area contributed by atoms with E-state index < -0.39 is 29.8 Å². The molecule has 2 unspecified atom stereocenters. The lowest BCUT2D eigenvalue weighted by Crippen LogP contribution is -2.24. The fourth-order valence-electron chi connectivity index (χ4n) is 10.3. The zero-order valence-corrected chi connectivity index (χ0v) is 41.2. The predicted octanol–water partition coefficient (Wildman–Crippen LogP) is 11.0. The summed E-state index contributed by atoms with van der Waals surface area (Å²) in [6.07, 6.45) is 4.25. The molecule has 16 nitrogen and oxygen atoms in total. The van der Waals surface area contributed by atoms with Gasteiger partial charge in [0.05, 0.1) is 36.4 Å². The molecule has 2 N–H and O–H groups in total. The first-order valence-electron chi connectivity index (χ1n) is 24.0. The maximum Gasteiger partial charge on any atom is 0.358 e. The molecule has 0 saturated carbocycles. The molecule has 0 saturated heterocycles. The summed E-state index contributed by atoms with van der Waals surface area (Å²) in [5.74, 6) is -1.85. The molecule has 0 fully saturated rings. The first-order chi connectivity index (χ1) is 36.3. The fraction of sp³-hybridized carbons (Fsp3) is 0.153. The van der Waals surface area contributed by atoms with Crippen molar-refractivity contribution >= 4 is 64.1 Å². The van der Waals surface area contributed by atoms with Crippen molar-refractivity contribution in [1.82, 2.24) is 29.7 Å². The number of rotatable bonds is 9. The number of carbonyl (C=O) groups is 5. The second-order valence-corrected chi connectivity index (χ2v) is 18.3. The zero-order valence-electron chi connectivity index (χ0n) is 41.2. The van der Waals surface area contributed by atoms with Gasteiger partial charge in [0.15, 0.2) is 5.69 Å². The van der Waals surface area contributed by atoms with E-state index in [2.05, 4.69) is 9.97 Å². The van der Waals surface area contributed by atoms with Crippen molar-refractivity contribution in [2.45, 2.75) is 52.5 Å². The second kappa shape index (κ2) is 19.4. The summed E-state index contributed by atoms with van der Waals surface area (Å²) in [6, 6.07) is 38.6. The van der Waals surface area contributed by atoms with Gasteiger partial charge in [-0.2, -0.15) is 5.10 Å².